The van der Waals surface area contributed by atoms with E-state index in [1.807, 2.05) is 0 Å². The second-order valence-electron chi connectivity index (χ2n) is 6.13. The number of nitrogens with one attached hydrogen (secondary N) is 1. The van der Waals surface area contributed by atoms with Gasteiger partial charge in [-0.15, -0.1) is 0 Å². The maximum atomic E-state index is 13.6. The molecule has 0 saturated heterocycles. The van der Waals surface area contributed by atoms with Crippen molar-refractivity contribution in [3.63, 3.8) is 0 Å². The molecule has 5 nitrogen and oxygen atoms in total. The average molecular weight is 376 g/mol. The van der Waals surface area contributed by atoms with Crippen LogP contribution >= 0.6 is 0 Å². The Morgan fingerprint density at radius 1 is 1.19 bits per heavy atom. The largest absolute Gasteiger partial charge is 0.416 e. The van der Waals surface area contributed by atoms with Crippen LogP contribution in [0, 0.1) is 5.82 Å². The number of fused-ring (bicyclic) bond motifs is 1. The van der Waals surface area contributed by atoms with Gasteiger partial charge < -0.3 is 5.32 Å². The zero-order valence-electron chi connectivity index (χ0n) is 13.7. The van der Waals surface area contributed by atoms with Crippen LogP contribution in [0.4, 0.5) is 17.6 Å². The minimum atomic E-state index is -4.62. The van der Waals surface area contributed by atoms with Crippen molar-refractivity contribution in [3.8, 4) is 5.69 Å². The molecule has 0 saturated carbocycles. The van der Waals surface area contributed by atoms with Gasteiger partial charge in [-0.05, 0) is 35.9 Å². The van der Waals surface area contributed by atoms with Crippen LogP contribution in [-0.4, -0.2) is 20.7 Å². The number of alkyl halides is 3. The van der Waals surface area contributed by atoms with Gasteiger partial charge in [0.05, 0.1) is 35.2 Å². The number of hydrogen-bond acceptors (Lipinski definition) is 3. The molecule has 0 fully saturated rings. The van der Waals surface area contributed by atoms with Gasteiger partial charge in [0.25, 0.3) is 5.91 Å². The number of halogens is 4. The minimum absolute atomic E-state index is 0.0231. The molecule has 3 heterocycles. The van der Waals surface area contributed by atoms with Crippen molar-refractivity contribution >= 4 is 5.91 Å². The molecule has 27 heavy (non-hydrogen) atoms. The van der Waals surface area contributed by atoms with Crippen LogP contribution in [0.3, 0.4) is 0 Å². The molecule has 0 radical (unpaired) electrons. The number of rotatable bonds is 3. The summed E-state index contributed by atoms with van der Waals surface area (Å²) < 4.78 is 53.8. The zero-order valence-corrected chi connectivity index (χ0v) is 13.7. The summed E-state index contributed by atoms with van der Waals surface area (Å²) in [6.07, 6.45) is -1.65. The Hall–Kier alpha value is -3.23. The van der Waals surface area contributed by atoms with Crippen molar-refractivity contribution in [2.75, 3.05) is 0 Å². The van der Waals surface area contributed by atoms with Crippen molar-refractivity contribution in [1.29, 1.82) is 0 Å². The molecule has 1 aromatic carbocycles. The minimum Gasteiger partial charge on any atom is -0.346 e. The highest BCUT2D eigenvalue weighted by Crippen LogP contribution is 2.31. The van der Waals surface area contributed by atoms with E-state index >= 15 is 0 Å². The number of pyridine rings is 1. The zero-order chi connectivity index (χ0) is 19.2. The first-order valence-electron chi connectivity index (χ1n) is 7.98. The lowest BCUT2D eigenvalue weighted by Gasteiger charge is -2.10. The van der Waals surface area contributed by atoms with Crippen molar-refractivity contribution in [3.05, 3.63) is 76.6 Å². The van der Waals surface area contributed by atoms with Crippen LogP contribution < -0.4 is 5.32 Å². The van der Waals surface area contributed by atoms with Gasteiger partial charge in [0.15, 0.2) is 0 Å². The van der Waals surface area contributed by atoms with Crippen molar-refractivity contribution in [2.24, 2.45) is 0 Å². The van der Waals surface area contributed by atoms with E-state index in [4.69, 9.17) is 0 Å². The Balaban J connectivity index is 1.66. The second-order valence-corrected chi connectivity index (χ2v) is 6.13. The molecule has 0 unspecified atom stereocenters. The van der Waals surface area contributed by atoms with E-state index in [0.717, 1.165) is 12.1 Å². The number of amides is 1. The fourth-order valence-electron chi connectivity index (χ4n) is 3.03. The molecule has 138 valence electrons. The summed E-state index contributed by atoms with van der Waals surface area (Å²) >= 11 is 0. The molecule has 2 aromatic heterocycles. The smallest absolute Gasteiger partial charge is 0.346 e. The predicted molar refractivity (Wildman–Crippen MR) is 86.7 cm³/mol. The van der Waals surface area contributed by atoms with E-state index in [-0.39, 0.29) is 17.9 Å². The number of benzene rings is 1. The number of carbonyl (C=O) groups excluding carboxylic acids is 1. The van der Waals surface area contributed by atoms with Gasteiger partial charge in [0, 0.05) is 18.3 Å². The summed E-state index contributed by atoms with van der Waals surface area (Å²) in [4.78, 5) is 15.8. The first-order chi connectivity index (χ1) is 12.8. The van der Waals surface area contributed by atoms with Gasteiger partial charge in [-0.25, -0.2) is 9.07 Å². The van der Waals surface area contributed by atoms with Gasteiger partial charge in [-0.1, -0.05) is 0 Å². The first-order valence-corrected chi connectivity index (χ1v) is 7.98. The van der Waals surface area contributed by atoms with Gasteiger partial charge in [-0.3, -0.25) is 9.78 Å². The molecule has 0 spiro atoms. The maximum Gasteiger partial charge on any atom is 0.416 e. The number of hydrogen-bond donors (Lipinski definition) is 1. The molecule has 1 aliphatic rings. The highest BCUT2D eigenvalue weighted by atomic mass is 19.4. The Bertz CT molecular complexity index is 1040. The Labute approximate surface area is 150 Å². The molecular weight excluding hydrogens is 364 g/mol. The summed E-state index contributed by atoms with van der Waals surface area (Å²) in [7, 11) is 0. The van der Waals surface area contributed by atoms with Crippen LogP contribution in [0.5, 0.6) is 0 Å². The third-order valence-electron chi connectivity index (χ3n) is 4.24. The number of nitrogens with zero attached hydrogens (tertiary/aromatic N) is 3. The van der Waals surface area contributed by atoms with E-state index in [1.165, 1.54) is 12.4 Å². The predicted octanol–water partition coefficient (Wildman–Crippen LogP) is 3.26. The lowest BCUT2D eigenvalue weighted by molar-refractivity contribution is -0.137. The Kier molecular flexibility index (Phi) is 3.94. The maximum absolute atomic E-state index is 13.6. The molecule has 1 N–H and O–H groups in total. The van der Waals surface area contributed by atoms with E-state index in [9.17, 15) is 22.4 Å². The van der Waals surface area contributed by atoms with Gasteiger partial charge >= 0.3 is 6.18 Å². The van der Waals surface area contributed by atoms with Gasteiger partial charge in [0.1, 0.15) is 5.82 Å². The van der Waals surface area contributed by atoms with Crippen LogP contribution in [0.25, 0.3) is 5.69 Å². The third-order valence-corrected chi connectivity index (χ3v) is 4.24. The van der Waals surface area contributed by atoms with Crippen molar-refractivity contribution < 1.29 is 22.4 Å². The summed E-state index contributed by atoms with van der Waals surface area (Å²) in [6.45, 7) is 0.338. The molecular formula is C18H12F4N4O. The van der Waals surface area contributed by atoms with Crippen LogP contribution in [0.1, 0.15) is 32.9 Å². The van der Waals surface area contributed by atoms with Gasteiger partial charge in [-0.2, -0.15) is 18.3 Å². The fraction of sp³-hybridized carbons (Fsp3) is 0.167. The topological polar surface area (TPSA) is 59.8 Å². The highest BCUT2D eigenvalue weighted by Gasteiger charge is 2.31. The quantitative estimate of drug-likeness (QED) is 0.714. The molecule has 0 atom stereocenters. The van der Waals surface area contributed by atoms with E-state index in [0.29, 0.717) is 35.2 Å². The van der Waals surface area contributed by atoms with E-state index in [1.54, 1.807) is 16.8 Å². The van der Waals surface area contributed by atoms with Crippen LogP contribution in [0.2, 0.25) is 0 Å². The lowest BCUT2D eigenvalue weighted by atomic mass is 10.0. The van der Waals surface area contributed by atoms with Gasteiger partial charge in [0.2, 0.25) is 0 Å². The Morgan fingerprint density at radius 2 is 2.00 bits per heavy atom. The second kappa shape index (κ2) is 6.19. The molecule has 1 amide bonds. The standard InChI is InChI=1S/C18H12F4N4O/c19-12-4-10(3-11(6-12)18(20,21)22)5-13-7-14(1-2-23-13)26-16-9-24-17(27)15(16)8-25-26/h1-4,6-8H,5,9H2,(H,24,27). The normalized spacial score (nSPS) is 13.6. The SMILES string of the molecule is O=C1NCc2c1cnn2-c1ccnc(Cc2cc(F)cc(C(F)(F)F)c2)c1. The fourth-order valence-corrected chi connectivity index (χ4v) is 3.03. The average Bonchev–Trinajstić information content (AvgIpc) is 3.17. The molecule has 0 bridgehead atoms. The molecule has 1 aliphatic heterocycles. The third kappa shape index (κ3) is 3.27. The Morgan fingerprint density at radius 3 is 2.78 bits per heavy atom. The van der Waals surface area contributed by atoms with E-state index < -0.39 is 17.6 Å². The monoisotopic (exact) mass is 376 g/mol. The molecule has 0 aliphatic carbocycles. The molecule has 3 aromatic rings. The molecule has 4 rings (SSSR count). The summed E-state index contributed by atoms with van der Waals surface area (Å²) in [6, 6.07) is 5.74. The van der Waals surface area contributed by atoms with E-state index in [2.05, 4.69) is 15.4 Å². The van der Waals surface area contributed by atoms with Crippen LogP contribution in [-0.2, 0) is 19.1 Å². The van der Waals surface area contributed by atoms with Crippen LogP contribution in [0.15, 0.2) is 42.7 Å². The van der Waals surface area contributed by atoms with Crippen molar-refractivity contribution in [1.82, 2.24) is 20.1 Å². The first kappa shape index (κ1) is 17.2. The van der Waals surface area contributed by atoms with Crippen molar-refractivity contribution in [2.45, 2.75) is 19.1 Å². The molecule has 9 heteroatoms. The summed E-state index contributed by atoms with van der Waals surface area (Å²) in [5.74, 6) is -1.16. The highest BCUT2D eigenvalue weighted by molar-refractivity contribution is 5.97. The number of carbonyl (C=O) groups is 1. The summed E-state index contributed by atoms with van der Waals surface area (Å²) in [5, 5.41) is 6.88. The summed E-state index contributed by atoms with van der Waals surface area (Å²) in [5.41, 5.74) is 1.37. The lowest BCUT2D eigenvalue weighted by Crippen LogP contribution is -2.14. The number of aromatic nitrogens is 3.